The monoisotopic (exact) mass is 216 g/mol. The van der Waals surface area contributed by atoms with Crippen molar-refractivity contribution < 1.29 is 0 Å². The normalized spacial score (nSPS) is 16.7. The highest BCUT2D eigenvalue weighted by Gasteiger charge is 2.24. The van der Waals surface area contributed by atoms with Crippen LogP contribution in [-0.2, 0) is 0 Å². The summed E-state index contributed by atoms with van der Waals surface area (Å²) in [6.45, 7) is 11.4. The van der Waals surface area contributed by atoms with Crippen LogP contribution in [0, 0.1) is 11.8 Å². The lowest BCUT2D eigenvalue weighted by Crippen LogP contribution is -2.25. The van der Waals surface area contributed by atoms with Crippen molar-refractivity contribution in [1.82, 2.24) is 0 Å². The van der Waals surface area contributed by atoms with Gasteiger partial charge in [0.15, 0.2) is 0 Å². The first-order valence-corrected chi connectivity index (χ1v) is 6.58. The largest absolute Gasteiger partial charge is 0.173 e. The van der Waals surface area contributed by atoms with E-state index in [-0.39, 0.29) is 4.75 Å². The standard InChI is InChI=1S/C13H28S/c1-6-8-12(13(4,5)14)10-9-11(3)7-2/h11-12,14H,6-10H2,1-5H3. The second-order valence-corrected chi connectivity index (χ2v) is 6.38. The average Bonchev–Trinajstić information content (AvgIpc) is 2.09. The molecule has 2 unspecified atom stereocenters. The molecule has 1 heteroatoms. The molecule has 0 bridgehead atoms. The highest BCUT2D eigenvalue weighted by molar-refractivity contribution is 7.81. The topological polar surface area (TPSA) is 0 Å². The van der Waals surface area contributed by atoms with Crippen LogP contribution in [0.2, 0.25) is 0 Å². The third-order valence-corrected chi connectivity index (χ3v) is 3.71. The lowest BCUT2D eigenvalue weighted by molar-refractivity contribution is 0.329. The molecule has 0 spiro atoms. The molecule has 0 amide bonds. The van der Waals surface area contributed by atoms with Crippen LogP contribution >= 0.6 is 12.6 Å². The number of thiol groups is 1. The molecular weight excluding hydrogens is 188 g/mol. The Bertz CT molecular complexity index is 135. The minimum atomic E-state index is 0.198. The summed E-state index contributed by atoms with van der Waals surface area (Å²) in [5, 5.41) is 0. The molecule has 0 aromatic heterocycles. The molecular formula is C13H28S. The third-order valence-electron chi connectivity index (χ3n) is 3.34. The Kier molecular flexibility index (Phi) is 6.93. The van der Waals surface area contributed by atoms with Crippen molar-refractivity contribution in [3.63, 3.8) is 0 Å². The highest BCUT2D eigenvalue weighted by atomic mass is 32.1. The van der Waals surface area contributed by atoms with Gasteiger partial charge in [-0.2, -0.15) is 12.6 Å². The molecule has 0 aromatic carbocycles. The molecule has 0 nitrogen and oxygen atoms in total. The van der Waals surface area contributed by atoms with E-state index in [1.807, 2.05) is 0 Å². The Morgan fingerprint density at radius 3 is 2.00 bits per heavy atom. The Morgan fingerprint density at radius 2 is 1.64 bits per heavy atom. The molecule has 0 saturated heterocycles. The van der Waals surface area contributed by atoms with Gasteiger partial charge in [-0.1, -0.05) is 53.9 Å². The summed E-state index contributed by atoms with van der Waals surface area (Å²) >= 11 is 4.72. The van der Waals surface area contributed by atoms with Crippen LogP contribution in [0.3, 0.4) is 0 Å². The maximum Gasteiger partial charge on any atom is 0.0101 e. The zero-order valence-electron chi connectivity index (χ0n) is 10.6. The van der Waals surface area contributed by atoms with Gasteiger partial charge in [0.1, 0.15) is 0 Å². The first kappa shape index (κ1) is 14.3. The first-order valence-electron chi connectivity index (χ1n) is 6.14. The van der Waals surface area contributed by atoms with E-state index in [0.717, 1.165) is 11.8 Å². The van der Waals surface area contributed by atoms with Crippen LogP contribution in [-0.4, -0.2) is 4.75 Å². The van der Waals surface area contributed by atoms with Crippen molar-refractivity contribution in [2.24, 2.45) is 11.8 Å². The fourth-order valence-electron chi connectivity index (χ4n) is 1.89. The highest BCUT2D eigenvalue weighted by Crippen LogP contribution is 2.32. The van der Waals surface area contributed by atoms with Gasteiger partial charge in [-0.05, 0) is 24.7 Å². The summed E-state index contributed by atoms with van der Waals surface area (Å²) in [5.74, 6) is 1.66. The zero-order chi connectivity index (χ0) is 11.2. The molecule has 0 fully saturated rings. The molecule has 0 radical (unpaired) electrons. The molecule has 0 N–H and O–H groups in total. The number of hydrogen-bond donors (Lipinski definition) is 1. The van der Waals surface area contributed by atoms with E-state index in [4.69, 9.17) is 12.6 Å². The Hall–Kier alpha value is 0.350. The van der Waals surface area contributed by atoms with Crippen LogP contribution in [0.25, 0.3) is 0 Å². The molecule has 0 saturated carbocycles. The van der Waals surface area contributed by atoms with Gasteiger partial charge in [0.05, 0.1) is 0 Å². The van der Waals surface area contributed by atoms with Crippen LogP contribution in [0.1, 0.15) is 66.7 Å². The molecule has 0 aliphatic heterocycles. The summed E-state index contributed by atoms with van der Waals surface area (Å²) < 4.78 is 0.198. The molecule has 2 atom stereocenters. The Labute approximate surface area is 96.3 Å². The maximum atomic E-state index is 4.72. The fraction of sp³-hybridized carbons (Fsp3) is 1.00. The van der Waals surface area contributed by atoms with E-state index in [0.29, 0.717) is 0 Å². The van der Waals surface area contributed by atoms with Gasteiger partial charge in [-0.25, -0.2) is 0 Å². The zero-order valence-corrected chi connectivity index (χ0v) is 11.5. The molecule has 0 aromatic rings. The molecule has 0 aliphatic rings. The van der Waals surface area contributed by atoms with Gasteiger partial charge in [0, 0.05) is 4.75 Å². The molecule has 0 heterocycles. The minimum Gasteiger partial charge on any atom is -0.173 e. The van der Waals surface area contributed by atoms with Crippen molar-refractivity contribution in [2.75, 3.05) is 0 Å². The van der Waals surface area contributed by atoms with Crippen molar-refractivity contribution >= 4 is 12.6 Å². The summed E-state index contributed by atoms with van der Waals surface area (Å²) in [5.41, 5.74) is 0. The molecule has 0 aliphatic carbocycles. The summed E-state index contributed by atoms with van der Waals surface area (Å²) in [7, 11) is 0. The maximum absolute atomic E-state index is 4.72. The Balaban J connectivity index is 3.98. The predicted octanol–water partition coefficient (Wildman–Crippen LogP) is 4.94. The summed E-state index contributed by atoms with van der Waals surface area (Å²) in [6, 6.07) is 0. The molecule has 0 rings (SSSR count). The lowest BCUT2D eigenvalue weighted by atomic mass is 9.84. The molecule has 86 valence electrons. The minimum absolute atomic E-state index is 0.198. The SMILES string of the molecule is CCCC(CCC(C)CC)C(C)(C)S. The van der Waals surface area contributed by atoms with E-state index in [1.165, 1.54) is 32.1 Å². The van der Waals surface area contributed by atoms with Crippen molar-refractivity contribution in [3.8, 4) is 0 Å². The second-order valence-electron chi connectivity index (χ2n) is 5.23. The van der Waals surface area contributed by atoms with E-state index in [2.05, 4.69) is 34.6 Å². The van der Waals surface area contributed by atoms with Crippen LogP contribution in [0.5, 0.6) is 0 Å². The van der Waals surface area contributed by atoms with Crippen LogP contribution in [0.15, 0.2) is 0 Å². The van der Waals surface area contributed by atoms with Gasteiger partial charge in [-0.15, -0.1) is 0 Å². The average molecular weight is 216 g/mol. The predicted molar refractivity (Wildman–Crippen MR) is 70.2 cm³/mol. The third kappa shape index (κ3) is 5.95. The van der Waals surface area contributed by atoms with Crippen molar-refractivity contribution in [3.05, 3.63) is 0 Å². The summed E-state index contributed by atoms with van der Waals surface area (Å²) in [4.78, 5) is 0. The first-order chi connectivity index (χ1) is 6.41. The second kappa shape index (κ2) is 6.76. The smallest absolute Gasteiger partial charge is 0.0101 e. The van der Waals surface area contributed by atoms with E-state index >= 15 is 0 Å². The van der Waals surface area contributed by atoms with Gasteiger partial charge in [-0.3, -0.25) is 0 Å². The van der Waals surface area contributed by atoms with E-state index in [1.54, 1.807) is 0 Å². The summed E-state index contributed by atoms with van der Waals surface area (Å²) in [6.07, 6.45) is 6.64. The van der Waals surface area contributed by atoms with Crippen molar-refractivity contribution in [1.29, 1.82) is 0 Å². The quantitative estimate of drug-likeness (QED) is 0.573. The van der Waals surface area contributed by atoms with Crippen LogP contribution in [0.4, 0.5) is 0 Å². The van der Waals surface area contributed by atoms with E-state index in [9.17, 15) is 0 Å². The fourth-order valence-corrected chi connectivity index (χ4v) is 2.15. The van der Waals surface area contributed by atoms with Gasteiger partial charge in [0.25, 0.3) is 0 Å². The van der Waals surface area contributed by atoms with Gasteiger partial charge >= 0.3 is 0 Å². The van der Waals surface area contributed by atoms with E-state index < -0.39 is 0 Å². The lowest BCUT2D eigenvalue weighted by Gasteiger charge is -2.30. The van der Waals surface area contributed by atoms with Gasteiger partial charge < -0.3 is 0 Å². The van der Waals surface area contributed by atoms with Crippen molar-refractivity contribution in [2.45, 2.75) is 71.5 Å². The Morgan fingerprint density at radius 1 is 1.07 bits per heavy atom. The number of rotatable bonds is 7. The molecule has 14 heavy (non-hydrogen) atoms. The van der Waals surface area contributed by atoms with Crippen LogP contribution < -0.4 is 0 Å². The number of hydrogen-bond acceptors (Lipinski definition) is 1. The van der Waals surface area contributed by atoms with Gasteiger partial charge in [0.2, 0.25) is 0 Å².